The zero-order chi connectivity index (χ0) is 8.39. The molecule has 0 bridgehead atoms. The number of rotatable bonds is 2. The van der Waals surface area contributed by atoms with E-state index in [0.717, 1.165) is 17.8 Å². The summed E-state index contributed by atoms with van der Waals surface area (Å²) in [6.07, 6.45) is 3.01. The van der Waals surface area contributed by atoms with Crippen molar-refractivity contribution in [2.45, 2.75) is 13.3 Å². The van der Waals surface area contributed by atoms with Crippen molar-refractivity contribution >= 4 is 11.0 Å². The van der Waals surface area contributed by atoms with Crippen LogP contribution in [0.15, 0.2) is 34.7 Å². The molecule has 0 fully saturated rings. The van der Waals surface area contributed by atoms with Crippen LogP contribution in [0.3, 0.4) is 0 Å². The number of para-hydroxylation sites is 1. The quantitative estimate of drug-likeness (QED) is 0.744. The Morgan fingerprint density at radius 2 is 2.08 bits per heavy atom. The van der Waals surface area contributed by atoms with Crippen LogP contribution in [-0.2, 0) is 39.1 Å². The molecule has 0 aliphatic rings. The number of hydrogen-bond acceptors (Lipinski definition) is 1. The summed E-state index contributed by atoms with van der Waals surface area (Å²) in [6.45, 7) is 2.03. The molecule has 62 valence electrons. The minimum Gasteiger partial charge on any atom is -0.464 e. The summed E-state index contributed by atoms with van der Waals surface area (Å²) in [6, 6.07) is 10.2. The van der Waals surface area contributed by atoms with Crippen molar-refractivity contribution in [1.29, 1.82) is 0 Å². The van der Waals surface area contributed by atoms with E-state index in [4.69, 9.17) is 4.42 Å². The Bertz CT molecular complexity index is 345. The first-order chi connectivity index (χ1) is 5.90. The molecule has 0 aliphatic carbocycles. The Morgan fingerprint density at radius 3 is 2.77 bits per heavy atom. The first-order valence-electron chi connectivity index (χ1n) is 4.15. The molecule has 1 aromatic heterocycles. The minimum atomic E-state index is 0. The van der Waals surface area contributed by atoms with E-state index in [1.54, 1.807) is 0 Å². The topological polar surface area (TPSA) is 13.1 Å². The molecule has 0 N–H and O–H groups in total. The van der Waals surface area contributed by atoms with Crippen LogP contribution in [-0.4, -0.2) is 0 Å². The molecule has 2 aromatic rings. The minimum absolute atomic E-state index is 0. The van der Waals surface area contributed by atoms with E-state index in [1.807, 2.05) is 25.1 Å². The monoisotopic (exact) mass is 248 g/mol. The summed E-state index contributed by atoms with van der Waals surface area (Å²) in [5.41, 5.74) is 0.981. The molecule has 1 nitrogen and oxygen atoms in total. The summed E-state index contributed by atoms with van der Waals surface area (Å²) >= 11 is 0. The van der Waals surface area contributed by atoms with E-state index >= 15 is 0 Å². The standard InChI is InChI=1S/C11H11O.Y/c1-2-5-10-8-9-6-3-4-7-11(9)12-10;/h2-4,6-8H,5H2,1H3;/q-1;+3. The molecule has 1 heterocycles. The van der Waals surface area contributed by atoms with E-state index in [2.05, 4.69) is 18.6 Å². The summed E-state index contributed by atoms with van der Waals surface area (Å²) in [5, 5.41) is 1.19. The van der Waals surface area contributed by atoms with E-state index in [1.165, 1.54) is 5.39 Å². The first kappa shape index (κ1) is 10.9. The molecule has 0 aliphatic heterocycles. The molecule has 1 aromatic carbocycles. The van der Waals surface area contributed by atoms with Gasteiger partial charge in [-0.05, 0) is 12.1 Å². The van der Waals surface area contributed by atoms with Gasteiger partial charge < -0.3 is 10.8 Å². The molecule has 0 saturated carbocycles. The van der Waals surface area contributed by atoms with Gasteiger partial charge in [0.2, 0.25) is 0 Å². The zero-order valence-electron chi connectivity index (χ0n) is 7.66. The van der Waals surface area contributed by atoms with Crippen molar-refractivity contribution in [1.82, 2.24) is 0 Å². The SMILES string of the molecule is C[CH-]Cc1cc2ccccc2o1.[Y+3]. The summed E-state index contributed by atoms with van der Waals surface area (Å²) < 4.78 is 5.58. The largest absolute Gasteiger partial charge is 3.00 e. The van der Waals surface area contributed by atoms with Gasteiger partial charge in [-0.3, -0.25) is 0 Å². The third-order valence-electron chi connectivity index (χ3n) is 1.88. The maximum absolute atomic E-state index is 5.58. The third kappa shape index (κ3) is 2.41. The van der Waals surface area contributed by atoms with E-state index in [9.17, 15) is 0 Å². The normalized spacial score (nSPS) is 9.92. The molecular weight excluding hydrogens is 237 g/mol. The molecule has 0 amide bonds. The van der Waals surface area contributed by atoms with Crippen LogP contribution >= 0.6 is 0 Å². The predicted molar refractivity (Wildman–Crippen MR) is 49.9 cm³/mol. The van der Waals surface area contributed by atoms with Gasteiger partial charge in [0.05, 0.1) is 5.76 Å². The number of benzene rings is 1. The van der Waals surface area contributed by atoms with Gasteiger partial charge in [0.1, 0.15) is 5.58 Å². The molecule has 0 spiro atoms. The van der Waals surface area contributed by atoms with Gasteiger partial charge in [-0.25, -0.2) is 0 Å². The van der Waals surface area contributed by atoms with Crippen molar-refractivity contribution in [2.24, 2.45) is 0 Å². The Balaban J connectivity index is 0.000000845. The van der Waals surface area contributed by atoms with E-state index < -0.39 is 0 Å². The van der Waals surface area contributed by atoms with Gasteiger partial charge in [0.25, 0.3) is 0 Å². The van der Waals surface area contributed by atoms with Gasteiger partial charge in [-0.2, -0.15) is 6.92 Å². The van der Waals surface area contributed by atoms with Crippen LogP contribution in [0.25, 0.3) is 11.0 Å². The molecule has 2 heteroatoms. The van der Waals surface area contributed by atoms with Gasteiger partial charge in [0.15, 0.2) is 0 Å². The Morgan fingerprint density at radius 1 is 1.31 bits per heavy atom. The Labute approximate surface area is 103 Å². The van der Waals surface area contributed by atoms with Crippen molar-refractivity contribution < 1.29 is 37.1 Å². The molecule has 0 atom stereocenters. The summed E-state index contributed by atoms with van der Waals surface area (Å²) in [4.78, 5) is 0. The summed E-state index contributed by atoms with van der Waals surface area (Å²) in [5.74, 6) is 1.04. The Kier molecular flexibility index (Phi) is 4.14. The van der Waals surface area contributed by atoms with Crippen molar-refractivity contribution in [3.63, 3.8) is 0 Å². The van der Waals surface area contributed by atoms with Crippen LogP contribution in [0.4, 0.5) is 0 Å². The Hall–Kier alpha value is -0.136. The molecule has 13 heavy (non-hydrogen) atoms. The number of fused-ring (bicyclic) bond motifs is 1. The predicted octanol–water partition coefficient (Wildman–Crippen LogP) is 3.20. The van der Waals surface area contributed by atoms with Gasteiger partial charge in [-0.1, -0.05) is 18.2 Å². The molecule has 2 rings (SSSR count). The molecule has 0 saturated heterocycles. The maximum atomic E-state index is 5.58. The fourth-order valence-electron chi connectivity index (χ4n) is 1.34. The second kappa shape index (κ2) is 4.92. The van der Waals surface area contributed by atoms with Gasteiger partial charge in [0, 0.05) is 5.39 Å². The second-order valence-corrected chi connectivity index (χ2v) is 2.86. The van der Waals surface area contributed by atoms with Crippen LogP contribution < -0.4 is 0 Å². The fraction of sp³-hybridized carbons (Fsp3) is 0.182. The van der Waals surface area contributed by atoms with Crippen LogP contribution in [0.5, 0.6) is 0 Å². The average Bonchev–Trinajstić information content (AvgIpc) is 2.47. The van der Waals surface area contributed by atoms with Crippen molar-refractivity contribution in [2.75, 3.05) is 0 Å². The van der Waals surface area contributed by atoms with Gasteiger partial charge in [-0.15, -0.1) is 6.42 Å². The summed E-state index contributed by atoms with van der Waals surface area (Å²) in [7, 11) is 0. The van der Waals surface area contributed by atoms with Crippen molar-refractivity contribution in [3.8, 4) is 0 Å². The van der Waals surface area contributed by atoms with Crippen molar-refractivity contribution in [3.05, 3.63) is 42.5 Å². The zero-order valence-corrected chi connectivity index (χ0v) is 10.5. The number of furan rings is 1. The fourth-order valence-corrected chi connectivity index (χ4v) is 1.34. The molecule has 0 unspecified atom stereocenters. The van der Waals surface area contributed by atoms with Crippen LogP contribution in [0, 0.1) is 6.42 Å². The maximum Gasteiger partial charge on any atom is 3.00 e. The third-order valence-corrected chi connectivity index (χ3v) is 1.88. The smallest absolute Gasteiger partial charge is 0.464 e. The van der Waals surface area contributed by atoms with E-state index in [0.29, 0.717) is 0 Å². The van der Waals surface area contributed by atoms with Crippen LogP contribution in [0.2, 0.25) is 0 Å². The molecule has 0 radical (unpaired) electrons. The van der Waals surface area contributed by atoms with Crippen LogP contribution in [0.1, 0.15) is 12.7 Å². The molecular formula is C11H11OY+2. The average molecular weight is 248 g/mol. The van der Waals surface area contributed by atoms with Gasteiger partial charge >= 0.3 is 32.7 Å². The number of hydrogen-bond donors (Lipinski definition) is 0. The second-order valence-electron chi connectivity index (χ2n) is 2.86. The van der Waals surface area contributed by atoms with E-state index in [-0.39, 0.29) is 32.7 Å². The first-order valence-corrected chi connectivity index (χ1v) is 4.15.